The molecule has 8 heteroatoms. The summed E-state index contributed by atoms with van der Waals surface area (Å²) in [5.74, 6) is 0.726. The van der Waals surface area contributed by atoms with E-state index < -0.39 is 10.0 Å². The summed E-state index contributed by atoms with van der Waals surface area (Å²) in [5, 5.41) is 0.247. The van der Waals surface area contributed by atoms with Crippen molar-refractivity contribution in [3.8, 4) is 5.75 Å². The van der Waals surface area contributed by atoms with Gasteiger partial charge in [0.05, 0.1) is 7.11 Å². The lowest BCUT2D eigenvalue weighted by atomic mass is 10.1. The molecule has 0 spiro atoms. The molecule has 1 aromatic heterocycles. The van der Waals surface area contributed by atoms with Crippen LogP contribution in [0.25, 0.3) is 0 Å². The molecule has 0 radical (unpaired) electrons. The Labute approximate surface area is 147 Å². The minimum atomic E-state index is -3.66. The van der Waals surface area contributed by atoms with E-state index in [1.807, 2.05) is 43.3 Å². The van der Waals surface area contributed by atoms with Crippen molar-refractivity contribution in [1.82, 2.24) is 14.6 Å². The highest BCUT2D eigenvalue weighted by Crippen LogP contribution is 2.22. The standard InChI is InChI=1S/C16H20ClN3O3S/c1-20(2)15(12-5-4-6-13(9-12)23-3)11-19-24(21,22)14-7-8-16(17)18-10-14/h4-10,15,19H,11H2,1-3H3. The third-order valence-corrected chi connectivity index (χ3v) is 5.21. The van der Waals surface area contributed by atoms with E-state index in [4.69, 9.17) is 16.3 Å². The molecule has 0 saturated carbocycles. The van der Waals surface area contributed by atoms with Crippen LogP contribution in [0.1, 0.15) is 11.6 Å². The minimum absolute atomic E-state index is 0.0787. The Hall–Kier alpha value is -1.67. The zero-order chi connectivity index (χ0) is 17.7. The van der Waals surface area contributed by atoms with Gasteiger partial charge in [0, 0.05) is 18.8 Å². The fourth-order valence-electron chi connectivity index (χ4n) is 2.24. The molecule has 0 aliphatic rings. The second-order valence-corrected chi connectivity index (χ2v) is 7.58. The van der Waals surface area contributed by atoms with Crippen molar-refractivity contribution < 1.29 is 13.2 Å². The molecule has 0 amide bonds. The largest absolute Gasteiger partial charge is 0.497 e. The van der Waals surface area contributed by atoms with Crippen molar-refractivity contribution in [2.24, 2.45) is 0 Å². The lowest BCUT2D eigenvalue weighted by Crippen LogP contribution is -2.34. The zero-order valence-electron chi connectivity index (χ0n) is 13.7. The predicted molar refractivity (Wildman–Crippen MR) is 93.9 cm³/mol. The molecule has 1 atom stereocenters. The van der Waals surface area contributed by atoms with Crippen LogP contribution in [-0.2, 0) is 10.0 Å². The molecule has 6 nitrogen and oxygen atoms in total. The second-order valence-electron chi connectivity index (χ2n) is 5.42. The Morgan fingerprint density at radius 3 is 2.62 bits per heavy atom. The third kappa shape index (κ3) is 4.67. The number of rotatable bonds is 7. The Morgan fingerprint density at radius 1 is 1.29 bits per heavy atom. The van der Waals surface area contributed by atoms with Gasteiger partial charge < -0.3 is 9.64 Å². The number of sulfonamides is 1. The summed E-state index contributed by atoms with van der Waals surface area (Å²) in [7, 11) is 1.72. The van der Waals surface area contributed by atoms with E-state index in [0.717, 1.165) is 11.3 Å². The van der Waals surface area contributed by atoms with E-state index in [2.05, 4.69) is 9.71 Å². The maximum absolute atomic E-state index is 12.4. The first kappa shape index (κ1) is 18.7. The average molecular weight is 370 g/mol. The van der Waals surface area contributed by atoms with Gasteiger partial charge in [-0.3, -0.25) is 0 Å². The number of hydrogen-bond acceptors (Lipinski definition) is 5. The molecule has 0 saturated heterocycles. The van der Waals surface area contributed by atoms with Gasteiger partial charge in [-0.05, 0) is 43.9 Å². The van der Waals surface area contributed by atoms with Crippen LogP contribution in [0.2, 0.25) is 5.15 Å². The van der Waals surface area contributed by atoms with Crippen LogP contribution < -0.4 is 9.46 Å². The third-order valence-electron chi connectivity index (χ3n) is 3.58. The fourth-order valence-corrected chi connectivity index (χ4v) is 3.33. The van der Waals surface area contributed by atoms with E-state index in [1.54, 1.807) is 7.11 Å². The van der Waals surface area contributed by atoms with Crippen LogP contribution in [-0.4, -0.2) is 46.1 Å². The smallest absolute Gasteiger partial charge is 0.242 e. The van der Waals surface area contributed by atoms with E-state index in [-0.39, 0.29) is 22.6 Å². The van der Waals surface area contributed by atoms with Crippen molar-refractivity contribution in [1.29, 1.82) is 0 Å². The van der Waals surface area contributed by atoms with Gasteiger partial charge in [-0.25, -0.2) is 18.1 Å². The predicted octanol–water partition coefficient (Wildman–Crippen LogP) is 2.32. The minimum Gasteiger partial charge on any atom is -0.497 e. The quantitative estimate of drug-likeness (QED) is 0.758. The molecule has 2 rings (SSSR count). The SMILES string of the molecule is COc1cccc(C(CNS(=O)(=O)c2ccc(Cl)nc2)N(C)C)c1. The summed E-state index contributed by atoms with van der Waals surface area (Å²) < 4.78 is 32.6. The van der Waals surface area contributed by atoms with Crippen LogP contribution in [0.3, 0.4) is 0 Å². The topological polar surface area (TPSA) is 71.5 Å². The van der Waals surface area contributed by atoms with Crippen molar-refractivity contribution in [3.05, 3.63) is 53.3 Å². The van der Waals surface area contributed by atoms with Crippen molar-refractivity contribution >= 4 is 21.6 Å². The molecule has 0 aliphatic carbocycles. The number of likely N-dealkylation sites (N-methyl/N-ethyl adjacent to an activating group) is 1. The van der Waals surface area contributed by atoms with Gasteiger partial charge in [-0.1, -0.05) is 23.7 Å². The molecule has 1 aromatic carbocycles. The Kier molecular flexibility index (Phi) is 6.17. The van der Waals surface area contributed by atoms with Crippen molar-refractivity contribution in [2.75, 3.05) is 27.7 Å². The Bertz CT molecular complexity index is 779. The van der Waals surface area contributed by atoms with Gasteiger partial charge in [0.1, 0.15) is 15.8 Å². The number of methoxy groups -OCH3 is 1. The van der Waals surface area contributed by atoms with Crippen LogP contribution in [0.4, 0.5) is 0 Å². The van der Waals surface area contributed by atoms with Crippen molar-refractivity contribution in [3.63, 3.8) is 0 Å². The van der Waals surface area contributed by atoms with Crippen LogP contribution in [0, 0.1) is 0 Å². The first-order valence-electron chi connectivity index (χ1n) is 7.25. The lowest BCUT2D eigenvalue weighted by molar-refractivity contribution is 0.298. The van der Waals surface area contributed by atoms with Gasteiger partial charge in [0.2, 0.25) is 10.0 Å². The van der Waals surface area contributed by atoms with Crippen molar-refractivity contribution in [2.45, 2.75) is 10.9 Å². The highest BCUT2D eigenvalue weighted by Gasteiger charge is 2.20. The number of ether oxygens (including phenoxy) is 1. The number of aromatic nitrogens is 1. The van der Waals surface area contributed by atoms with Gasteiger partial charge in [-0.2, -0.15) is 0 Å². The lowest BCUT2D eigenvalue weighted by Gasteiger charge is -2.25. The molecule has 24 heavy (non-hydrogen) atoms. The molecule has 0 aliphatic heterocycles. The van der Waals surface area contributed by atoms with E-state index in [0.29, 0.717) is 0 Å². The molecule has 0 bridgehead atoms. The van der Waals surface area contributed by atoms with E-state index in [9.17, 15) is 8.42 Å². The average Bonchev–Trinajstić information content (AvgIpc) is 2.55. The molecule has 1 unspecified atom stereocenters. The molecular weight excluding hydrogens is 350 g/mol. The summed E-state index contributed by atoms with van der Waals surface area (Å²) in [5.41, 5.74) is 0.955. The summed E-state index contributed by atoms with van der Waals surface area (Å²) >= 11 is 5.69. The molecule has 2 aromatic rings. The first-order chi connectivity index (χ1) is 11.3. The molecule has 130 valence electrons. The van der Waals surface area contributed by atoms with Crippen LogP contribution in [0.5, 0.6) is 5.75 Å². The number of hydrogen-bond donors (Lipinski definition) is 1. The molecule has 0 fully saturated rings. The second kappa shape index (κ2) is 7.94. The number of benzene rings is 1. The first-order valence-corrected chi connectivity index (χ1v) is 9.11. The van der Waals surface area contributed by atoms with Gasteiger partial charge in [0.15, 0.2) is 0 Å². The molecular formula is C16H20ClN3O3S. The van der Waals surface area contributed by atoms with Crippen LogP contribution >= 0.6 is 11.6 Å². The zero-order valence-corrected chi connectivity index (χ0v) is 15.3. The van der Waals surface area contributed by atoms with Crippen LogP contribution in [0.15, 0.2) is 47.5 Å². The summed E-state index contributed by atoms with van der Waals surface area (Å²) in [6.07, 6.45) is 1.24. The molecule has 1 heterocycles. The number of halogens is 1. The Balaban J connectivity index is 2.17. The normalized spacial score (nSPS) is 13.0. The number of nitrogens with zero attached hydrogens (tertiary/aromatic N) is 2. The summed E-state index contributed by atoms with van der Waals surface area (Å²) in [6, 6.07) is 10.3. The maximum Gasteiger partial charge on any atom is 0.242 e. The van der Waals surface area contributed by atoms with E-state index in [1.165, 1.54) is 18.3 Å². The van der Waals surface area contributed by atoms with Gasteiger partial charge in [0.25, 0.3) is 0 Å². The fraction of sp³-hybridized carbons (Fsp3) is 0.312. The summed E-state index contributed by atoms with van der Waals surface area (Å²) in [6.45, 7) is 0.213. The highest BCUT2D eigenvalue weighted by atomic mass is 35.5. The maximum atomic E-state index is 12.4. The molecule has 1 N–H and O–H groups in total. The van der Waals surface area contributed by atoms with Gasteiger partial charge >= 0.3 is 0 Å². The highest BCUT2D eigenvalue weighted by molar-refractivity contribution is 7.89. The van der Waals surface area contributed by atoms with E-state index >= 15 is 0 Å². The monoisotopic (exact) mass is 369 g/mol. The number of pyridine rings is 1. The Morgan fingerprint density at radius 2 is 2.04 bits per heavy atom. The number of nitrogens with one attached hydrogen (secondary N) is 1. The van der Waals surface area contributed by atoms with Gasteiger partial charge in [-0.15, -0.1) is 0 Å². The summed E-state index contributed by atoms with van der Waals surface area (Å²) in [4.78, 5) is 5.83.